The first-order chi connectivity index (χ1) is 8.73. The summed E-state index contributed by atoms with van der Waals surface area (Å²) in [7, 11) is -1.01. The lowest BCUT2D eigenvalue weighted by Crippen LogP contribution is -2.45. The number of carboxylic acid groups (broad SMARTS) is 2. The molecular weight excluding hydrogens is 276 g/mol. The summed E-state index contributed by atoms with van der Waals surface area (Å²) in [5, 5.41) is 19.5. The van der Waals surface area contributed by atoms with Crippen molar-refractivity contribution < 1.29 is 28.8 Å². The second-order valence-corrected chi connectivity index (χ2v) is 5.78. The van der Waals surface area contributed by atoms with Gasteiger partial charge in [0.15, 0.2) is 0 Å². The van der Waals surface area contributed by atoms with E-state index in [0.717, 1.165) is 0 Å². The Kier molecular flexibility index (Phi) is 7.73. The van der Waals surface area contributed by atoms with Crippen LogP contribution >= 0.6 is 0 Å². The van der Waals surface area contributed by atoms with Gasteiger partial charge in [-0.25, -0.2) is 4.79 Å². The SMILES string of the molecule is CC(CCNC(=O)N(CC(=O)O)CC(=O)O)S(C)=O. The highest BCUT2D eigenvalue weighted by Gasteiger charge is 2.19. The van der Waals surface area contributed by atoms with Gasteiger partial charge in [-0.15, -0.1) is 0 Å². The fourth-order valence-electron chi connectivity index (χ4n) is 1.19. The van der Waals surface area contributed by atoms with Crippen molar-refractivity contribution in [1.82, 2.24) is 10.2 Å². The number of nitrogens with zero attached hydrogens (tertiary/aromatic N) is 1. The van der Waals surface area contributed by atoms with Crippen LogP contribution < -0.4 is 5.32 Å². The number of aliphatic carboxylic acids is 2. The third kappa shape index (κ3) is 8.14. The predicted molar refractivity (Wildman–Crippen MR) is 68.4 cm³/mol. The Hall–Kier alpha value is -1.64. The molecule has 0 saturated heterocycles. The maximum absolute atomic E-state index is 11.6. The van der Waals surface area contributed by atoms with Crippen LogP contribution in [0.15, 0.2) is 0 Å². The van der Waals surface area contributed by atoms with Gasteiger partial charge in [0.2, 0.25) is 0 Å². The van der Waals surface area contributed by atoms with Gasteiger partial charge in [-0.05, 0) is 6.42 Å². The molecule has 0 aromatic carbocycles. The smallest absolute Gasteiger partial charge is 0.323 e. The van der Waals surface area contributed by atoms with Crippen molar-refractivity contribution >= 4 is 28.8 Å². The van der Waals surface area contributed by atoms with Crippen molar-refractivity contribution in [2.45, 2.75) is 18.6 Å². The summed E-state index contributed by atoms with van der Waals surface area (Å²) in [6.45, 7) is 0.588. The fraction of sp³-hybridized carbons (Fsp3) is 0.700. The maximum atomic E-state index is 11.6. The van der Waals surface area contributed by atoms with Crippen molar-refractivity contribution in [1.29, 1.82) is 0 Å². The van der Waals surface area contributed by atoms with Gasteiger partial charge in [0.25, 0.3) is 0 Å². The monoisotopic (exact) mass is 294 g/mol. The number of rotatable bonds is 8. The van der Waals surface area contributed by atoms with Crippen LogP contribution in [0.25, 0.3) is 0 Å². The van der Waals surface area contributed by atoms with E-state index in [2.05, 4.69) is 5.32 Å². The van der Waals surface area contributed by atoms with E-state index in [4.69, 9.17) is 10.2 Å². The van der Waals surface area contributed by atoms with Crippen LogP contribution in [0.1, 0.15) is 13.3 Å². The summed E-state index contributed by atoms with van der Waals surface area (Å²) < 4.78 is 11.1. The molecule has 2 unspecified atom stereocenters. The molecule has 0 radical (unpaired) electrons. The van der Waals surface area contributed by atoms with Crippen molar-refractivity contribution in [3.63, 3.8) is 0 Å². The average Bonchev–Trinajstić information content (AvgIpc) is 2.26. The van der Waals surface area contributed by atoms with Crippen molar-refractivity contribution in [3.05, 3.63) is 0 Å². The van der Waals surface area contributed by atoms with Crippen LogP contribution in [0.5, 0.6) is 0 Å². The molecular formula is C10H18N2O6S. The summed E-state index contributed by atoms with van der Waals surface area (Å²) in [5.74, 6) is -2.58. The van der Waals surface area contributed by atoms with Gasteiger partial charge in [0, 0.05) is 28.9 Å². The summed E-state index contributed by atoms with van der Waals surface area (Å²) >= 11 is 0. The molecule has 0 aromatic heterocycles. The van der Waals surface area contributed by atoms with Crippen LogP contribution in [-0.4, -0.2) is 68.4 Å². The Balaban J connectivity index is 4.28. The first-order valence-electron chi connectivity index (χ1n) is 5.52. The van der Waals surface area contributed by atoms with E-state index in [0.29, 0.717) is 11.3 Å². The fourth-order valence-corrected chi connectivity index (χ4v) is 1.64. The molecule has 0 aliphatic heterocycles. The zero-order chi connectivity index (χ0) is 15.0. The lowest BCUT2D eigenvalue weighted by molar-refractivity contribution is -0.140. The molecule has 0 aromatic rings. The standard InChI is InChI=1S/C10H18N2O6S/c1-7(19(2)18)3-4-11-10(17)12(5-8(13)14)6-9(15)16/h7H,3-6H2,1-2H3,(H,11,17)(H,13,14)(H,15,16). The second-order valence-electron chi connectivity index (χ2n) is 3.97. The number of urea groups is 1. The van der Waals surface area contributed by atoms with Gasteiger partial charge < -0.3 is 20.4 Å². The Morgan fingerprint density at radius 2 is 1.68 bits per heavy atom. The highest BCUT2D eigenvalue weighted by molar-refractivity contribution is 7.84. The first-order valence-corrected chi connectivity index (χ1v) is 7.14. The van der Waals surface area contributed by atoms with Gasteiger partial charge in [-0.2, -0.15) is 0 Å². The Labute approximate surface area is 113 Å². The summed E-state index contributed by atoms with van der Waals surface area (Å²) in [4.78, 5) is 33.3. The number of carbonyl (C=O) groups is 3. The van der Waals surface area contributed by atoms with Crippen LogP contribution in [-0.2, 0) is 20.4 Å². The molecule has 0 saturated carbocycles. The van der Waals surface area contributed by atoms with E-state index < -0.39 is 41.9 Å². The van der Waals surface area contributed by atoms with Gasteiger partial charge in [0.05, 0.1) is 0 Å². The van der Waals surface area contributed by atoms with Crippen LogP contribution in [0, 0.1) is 0 Å². The number of hydrogen-bond acceptors (Lipinski definition) is 4. The van der Waals surface area contributed by atoms with E-state index >= 15 is 0 Å². The zero-order valence-electron chi connectivity index (χ0n) is 10.8. The second kappa shape index (κ2) is 8.46. The van der Waals surface area contributed by atoms with Gasteiger partial charge >= 0.3 is 18.0 Å². The molecule has 0 aliphatic rings. The number of nitrogens with one attached hydrogen (secondary N) is 1. The Morgan fingerprint density at radius 1 is 1.21 bits per heavy atom. The minimum atomic E-state index is -1.29. The topological polar surface area (TPSA) is 124 Å². The summed E-state index contributed by atoms with van der Waals surface area (Å²) in [5.41, 5.74) is 0. The Morgan fingerprint density at radius 3 is 2.05 bits per heavy atom. The van der Waals surface area contributed by atoms with Crippen molar-refractivity contribution in [3.8, 4) is 0 Å². The van der Waals surface area contributed by atoms with E-state index in [9.17, 15) is 18.6 Å². The highest BCUT2D eigenvalue weighted by Crippen LogP contribution is 1.98. The van der Waals surface area contributed by atoms with Crippen LogP contribution in [0.2, 0.25) is 0 Å². The van der Waals surface area contributed by atoms with Crippen molar-refractivity contribution in [2.75, 3.05) is 25.9 Å². The Bertz CT molecular complexity index is 357. The van der Waals surface area contributed by atoms with Crippen LogP contribution in [0.3, 0.4) is 0 Å². The number of amides is 2. The third-order valence-electron chi connectivity index (χ3n) is 2.33. The number of carboxylic acids is 2. The number of carbonyl (C=O) groups excluding carboxylic acids is 1. The highest BCUT2D eigenvalue weighted by atomic mass is 32.2. The lowest BCUT2D eigenvalue weighted by atomic mass is 10.3. The van der Waals surface area contributed by atoms with Crippen LogP contribution in [0.4, 0.5) is 4.79 Å². The molecule has 2 amide bonds. The predicted octanol–water partition coefficient (Wildman–Crippen LogP) is -0.676. The molecule has 0 rings (SSSR count). The maximum Gasteiger partial charge on any atom is 0.323 e. The summed E-state index contributed by atoms with van der Waals surface area (Å²) in [6, 6.07) is -0.765. The molecule has 0 bridgehead atoms. The molecule has 9 heteroatoms. The minimum absolute atomic E-state index is 0.104. The van der Waals surface area contributed by atoms with Gasteiger partial charge in [-0.1, -0.05) is 6.92 Å². The summed E-state index contributed by atoms with van der Waals surface area (Å²) in [6.07, 6.45) is 2.01. The molecule has 3 N–H and O–H groups in total. The van der Waals surface area contributed by atoms with Gasteiger partial charge in [-0.3, -0.25) is 13.8 Å². The normalized spacial score (nSPS) is 13.4. The van der Waals surface area contributed by atoms with E-state index in [1.54, 1.807) is 13.2 Å². The molecule has 0 heterocycles. The zero-order valence-corrected chi connectivity index (χ0v) is 11.6. The lowest BCUT2D eigenvalue weighted by Gasteiger charge is -2.19. The molecule has 19 heavy (non-hydrogen) atoms. The molecule has 0 spiro atoms. The average molecular weight is 294 g/mol. The number of hydrogen-bond donors (Lipinski definition) is 3. The van der Waals surface area contributed by atoms with E-state index in [1.807, 2.05) is 0 Å². The quantitative estimate of drug-likeness (QED) is 0.545. The minimum Gasteiger partial charge on any atom is -0.480 e. The van der Waals surface area contributed by atoms with E-state index in [-0.39, 0.29) is 11.8 Å². The van der Waals surface area contributed by atoms with Gasteiger partial charge in [0.1, 0.15) is 13.1 Å². The molecule has 110 valence electrons. The van der Waals surface area contributed by atoms with Crippen molar-refractivity contribution in [2.24, 2.45) is 0 Å². The van der Waals surface area contributed by atoms with E-state index in [1.165, 1.54) is 0 Å². The third-order valence-corrected chi connectivity index (χ3v) is 3.70. The first kappa shape index (κ1) is 17.4. The largest absolute Gasteiger partial charge is 0.480 e. The molecule has 0 aliphatic carbocycles. The molecule has 0 fully saturated rings. The molecule has 8 nitrogen and oxygen atoms in total. The molecule has 2 atom stereocenters.